The Morgan fingerprint density at radius 1 is 1.14 bits per heavy atom. The highest BCUT2D eigenvalue weighted by Gasteiger charge is 2.18. The summed E-state index contributed by atoms with van der Waals surface area (Å²) < 4.78 is 15.6. The monoisotopic (exact) mass is 387 g/mol. The van der Waals surface area contributed by atoms with Gasteiger partial charge in [-0.3, -0.25) is 14.9 Å². The third-order valence-corrected chi connectivity index (χ3v) is 3.97. The summed E-state index contributed by atoms with van der Waals surface area (Å²) >= 11 is 0. The largest absolute Gasteiger partial charge is 0.496 e. The molecule has 0 aromatic heterocycles. The van der Waals surface area contributed by atoms with Crippen molar-refractivity contribution in [2.75, 3.05) is 20.8 Å². The fraction of sp³-hybridized carbons (Fsp3) is 0.263. The van der Waals surface area contributed by atoms with Crippen LogP contribution in [0.3, 0.4) is 0 Å². The van der Waals surface area contributed by atoms with Crippen LogP contribution in [0.5, 0.6) is 17.2 Å². The number of aryl methyl sites for hydroxylation is 2. The van der Waals surface area contributed by atoms with Crippen molar-refractivity contribution in [3.05, 3.63) is 57.1 Å². The summed E-state index contributed by atoms with van der Waals surface area (Å²) in [6, 6.07) is 8.15. The number of nitro benzene ring substituents is 1. The SMILES string of the molecule is COc1cc(OC)c([N+](=O)[O-])cc1/C=N\NC(=O)COc1ccc(C)c(C)c1. The lowest BCUT2D eigenvalue weighted by Gasteiger charge is -2.08. The van der Waals surface area contributed by atoms with Gasteiger partial charge in [0.15, 0.2) is 6.61 Å². The number of ether oxygens (including phenoxy) is 3. The van der Waals surface area contributed by atoms with Crippen LogP contribution < -0.4 is 19.6 Å². The molecule has 2 aromatic carbocycles. The van der Waals surface area contributed by atoms with Crippen molar-refractivity contribution in [3.8, 4) is 17.2 Å². The average molecular weight is 387 g/mol. The average Bonchev–Trinajstić information content (AvgIpc) is 2.68. The summed E-state index contributed by atoms with van der Waals surface area (Å²) in [5, 5.41) is 14.9. The molecule has 2 aromatic rings. The second-order valence-corrected chi connectivity index (χ2v) is 5.85. The van der Waals surface area contributed by atoms with E-state index in [0.717, 1.165) is 11.1 Å². The first-order chi connectivity index (χ1) is 13.3. The lowest BCUT2D eigenvalue weighted by molar-refractivity contribution is -0.385. The number of nitrogens with one attached hydrogen (secondary N) is 1. The first-order valence-corrected chi connectivity index (χ1v) is 8.28. The lowest BCUT2D eigenvalue weighted by atomic mass is 10.1. The molecule has 0 spiro atoms. The van der Waals surface area contributed by atoms with Gasteiger partial charge in [-0.15, -0.1) is 0 Å². The smallest absolute Gasteiger partial charge is 0.311 e. The predicted molar refractivity (Wildman–Crippen MR) is 103 cm³/mol. The van der Waals surface area contributed by atoms with Gasteiger partial charge >= 0.3 is 5.69 Å². The van der Waals surface area contributed by atoms with E-state index in [2.05, 4.69) is 10.5 Å². The van der Waals surface area contributed by atoms with Crippen LogP contribution in [0.25, 0.3) is 0 Å². The van der Waals surface area contributed by atoms with E-state index in [1.54, 1.807) is 6.07 Å². The molecule has 28 heavy (non-hydrogen) atoms. The third-order valence-electron chi connectivity index (χ3n) is 3.97. The van der Waals surface area contributed by atoms with Gasteiger partial charge in [-0.05, 0) is 37.1 Å². The van der Waals surface area contributed by atoms with Gasteiger partial charge in [0.05, 0.1) is 25.4 Å². The van der Waals surface area contributed by atoms with Gasteiger partial charge in [0, 0.05) is 17.7 Å². The van der Waals surface area contributed by atoms with Gasteiger partial charge in [0.2, 0.25) is 5.75 Å². The Balaban J connectivity index is 2.02. The summed E-state index contributed by atoms with van der Waals surface area (Å²) in [4.78, 5) is 22.4. The molecule has 0 fully saturated rings. The van der Waals surface area contributed by atoms with Crippen LogP contribution in [0.4, 0.5) is 5.69 Å². The van der Waals surface area contributed by atoms with Crippen molar-refractivity contribution < 1.29 is 23.9 Å². The van der Waals surface area contributed by atoms with Crippen molar-refractivity contribution in [2.45, 2.75) is 13.8 Å². The number of methoxy groups -OCH3 is 2. The van der Waals surface area contributed by atoms with Crippen LogP contribution >= 0.6 is 0 Å². The lowest BCUT2D eigenvalue weighted by Crippen LogP contribution is -2.24. The molecule has 0 bridgehead atoms. The minimum absolute atomic E-state index is 0.0600. The fourth-order valence-corrected chi connectivity index (χ4v) is 2.31. The summed E-state index contributed by atoms with van der Waals surface area (Å²) in [5.74, 6) is 0.475. The summed E-state index contributed by atoms with van der Waals surface area (Å²) in [6.07, 6.45) is 1.25. The number of nitro groups is 1. The number of hydrazone groups is 1. The molecule has 0 atom stereocenters. The number of carbonyl (C=O) groups is 1. The van der Waals surface area contributed by atoms with Gasteiger partial charge in [-0.25, -0.2) is 5.43 Å². The Labute approximate surface area is 162 Å². The van der Waals surface area contributed by atoms with Crippen LogP contribution in [0, 0.1) is 24.0 Å². The highest BCUT2D eigenvalue weighted by Crippen LogP contribution is 2.33. The molecule has 0 aliphatic rings. The molecule has 0 aliphatic carbocycles. The van der Waals surface area contributed by atoms with Crippen LogP contribution in [-0.2, 0) is 4.79 Å². The van der Waals surface area contributed by atoms with E-state index in [-0.39, 0.29) is 18.0 Å². The van der Waals surface area contributed by atoms with E-state index in [1.165, 1.54) is 32.6 Å². The van der Waals surface area contributed by atoms with Crippen LogP contribution in [0.2, 0.25) is 0 Å². The van der Waals surface area contributed by atoms with Crippen molar-refractivity contribution in [2.24, 2.45) is 5.10 Å². The molecule has 0 saturated heterocycles. The highest BCUT2D eigenvalue weighted by atomic mass is 16.6. The van der Waals surface area contributed by atoms with E-state index in [0.29, 0.717) is 17.1 Å². The quantitative estimate of drug-likeness (QED) is 0.423. The molecule has 9 heteroatoms. The number of benzene rings is 2. The normalized spacial score (nSPS) is 10.6. The van der Waals surface area contributed by atoms with Crippen molar-refractivity contribution >= 4 is 17.8 Å². The van der Waals surface area contributed by atoms with Crippen molar-refractivity contribution in [1.82, 2.24) is 5.43 Å². The number of hydrogen-bond donors (Lipinski definition) is 1. The zero-order chi connectivity index (χ0) is 20.7. The van der Waals surface area contributed by atoms with E-state index in [9.17, 15) is 14.9 Å². The molecule has 0 saturated carbocycles. The molecular formula is C19H21N3O6. The van der Waals surface area contributed by atoms with Gasteiger partial charge in [-0.2, -0.15) is 5.10 Å². The van der Waals surface area contributed by atoms with Crippen LogP contribution in [-0.4, -0.2) is 37.9 Å². The molecule has 148 valence electrons. The van der Waals surface area contributed by atoms with E-state index < -0.39 is 10.8 Å². The number of amides is 1. The van der Waals surface area contributed by atoms with Gasteiger partial charge in [0.1, 0.15) is 11.5 Å². The van der Waals surface area contributed by atoms with Crippen molar-refractivity contribution in [1.29, 1.82) is 0 Å². The Bertz CT molecular complexity index is 911. The maximum atomic E-state index is 11.9. The molecular weight excluding hydrogens is 366 g/mol. The molecule has 0 unspecified atom stereocenters. The van der Waals surface area contributed by atoms with Gasteiger partial charge in [0.25, 0.3) is 5.91 Å². The molecule has 0 radical (unpaired) electrons. The molecule has 1 amide bonds. The number of carbonyl (C=O) groups excluding carboxylic acids is 1. The summed E-state index contributed by atoms with van der Waals surface area (Å²) in [5.41, 5.74) is 4.56. The maximum absolute atomic E-state index is 11.9. The summed E-state index contributed by atoms with van der Waals surface area (Å²) in [7, 11) is 2.74. The van der Waals surface area contributed by atoms with E-state index in [1.807, 2.05) is 26.0 Å². The fourth-order valence-electron chi connectivity index (χ4n) is 2.31. The Hall–Kier alpha value is -3.62. The third kappa shape index (κ3) is 5.19. The molecule has 0 aliphatic heterocycles. The van der Waals surface area contributed by atoms with E-state index in [4.69, 9.17) is 14.2 Å². The maximum Gasteiger partial charge on any atom is 0.311 e. The van der Waals surface area contributed by atoms with Gasteiger partial charge < -0.3 is 14.2 Å². The number of hydrogen-bond acceptors (Lipinski definition) is 7. The second-order valence-electron chi connectivity index (χ2n) is 5.85. The van der Waals surface area contributed by atoms with E-state index >= 15 is 0 Å². The Morgan fingerprint density at radius 3 is 2.46 bits per heavy atom. The highest BCUT2D eigenvalue weighted by molar-refractivity contribution is 5.87. The molecule has 2 rings (SSSR count). The predicted octanol–water partition coefficient (Wildman–Crippen LogP) is 2.76. The zero-order valence-corrected chi connectivity index (χ0v) is 16.0. The number of nitrogens with zero attached hydrogens (tertiary/aromatic N) is 2. The zero-order valence-electron chi connectivity index (χ0n) is 16.0. The molecule has 1 N–H and O–H groups in total. The summed E-state index contributed by atoms with van der Waals surface area (Å²) in [6.45, 7) is 3.71. The standard InChI is InChI=1S/C19H21N3O6/c1-12-5-6-15(7-13(12)2)28-11-19(23)21-20-10-14-8-16(22(24)25)18(27-4)9-17(14)26-3/h5-10H,11H2,1-4H3,(H,21,23)/b20-10-. The first kappa shape index (κ1) is 20.7. The Morgan fingerprint density at radius 2 is 1.86 bits per heavy atom. The minimum Gasteiger partial charge on any atom is -0.496 e. The second kappa shape index (κ2) is 9.36. The molecule has 0 heterocycles. The van der Waals surface area contributed by atoms with Crippen LogP contribution in [0.1, 0.15) is 16.7 Å². The minimum atomic E-state index is -0.578. The van der Waals surface area contributed by atoms with Gasteiger partial charge in [-0.1, -0.05) is 6.07 Å². The van der Waals surface area contributed by atoms with Crippen molar-refractivity contribution in [3.63, 3.8) is 0 Å². The first-order valence-electron chi connectivity index (χ1n) is 8.28. The van der Waals surface area contributed by atoms with Crippen LogP contribution in [0.15, 0.2) is 35.4 Å². The topological polar surface area (TPSA) is 112 Å². The molecule has 9 nitrogen and oxygen atoms in total. The number of rotatable bonds is 8. The Kier molecular flexibility index (Phi) is 6.91.